The normalized spacial score (nSPS) is 22.9. The Morgan fingerprint density at radius 1 is 1.26 bits per heavy atom. The first-order valence-corrected chi connectivity index (χ1v) is 8.58. The van der Waals surface area contributed by atoms with Crippen LogP contribution in [0.3, 0.4) is 0 Å². The van der Waals surface area contributed by atoms with Crippen LogP contribution in [0.5, 0.6) is 0 Å². The van der Waals surface area contributed by atoms with Crippen LogP contribution < -0.4 is 5.32 Å². The number of hydrogen-bond donors (Lipinski definition) is 1. The number of hydrogen-bond acceptors (Lipinski definition) is 3. The zero-order valence-electron chi connectivity index (χ0n) is 12.2. The third-order valence-electron chi connectivity index (χ3n) is 4.61. The summed E-state index contributed by atoms with van der Waals surface area (Å²) in [5, 5.41) is 3.48. The van der Waals surface area contributed by atoms with E-state index in [1.54, 1.807) is 4.88 Å². The maximum absolute atomic E-state index is 3.48. The number of rotatable bonds is 5. The molecule has 19 heavy (non-hydrogen) atoms. The largest absolute Gasteiger partial charge is 0.317 e. The first kappa shape index (κ1) is 13.6. The van der Waals surface area contributed by atoms with Crippen LogP contribution in [0.2, 0.25) is 0 Å². The van der Waals surface area contributed by atoms with Crippen molar-refractivity contribution in [1.29, 1.82) is 0 Å². The molecule has 1 aromatic rings. The van der Waals surface area contributed by atoms with Gasteiger partial charge < -0.3 is 5.32 Å². The summed E-state index contributed by atoms with van der Waals surface area (Å²) >= 11 is 1.98. The fourth-order valence-corrected chi connectivity index (χ4v) is 4.18. The molecule has 0 aromatic carbocycles. The molecule has 1 N–H and O–H groups in total. The van der Waals surface area contributed by atoms with Crippen molar-refractivity contribution in [2.45, 2.75) is 51.6 Å². The van der Waals surface area contributed by atoms with Crippen molar-refractivity contribution in [2.24, 2.45) is 5.92 Å². The Kier molecular flexibility index (Phi) is 4.25. The van der Waals surface area contributed by atoms with Gasteiger partial charge in [0.25, 0.3) is 0 Å². The Balaban J connectivity index is 1.66. The van der Waals surface area contributed by atoms with Crippen LogP contribution in [0.25, 0.3) is 0 Å². The molecule has 1 aliphatic carbocycles. The van der Waals surface area contributed by atoms with Gasteiger partial charge in [-0.15, -0.1) is 11.3 Å². The molecule has 106 valence electrons. The Bertz CT molecular complexity index is 405. The molecular formula is C16H26N2S. The Labute approximate surface area is 121 Å². The molecular weight excluding hydrogens is 252 g/mol. The molecule has 0 radical (unpaired) electrons. The average Bonchev–Trinajstić information content (AvgIpc) is 3.18. The minimum absolute atomic E-state index is 0.612. The van der Waals surface area contributed by atoms with Crippen molar-refractivity contribution < 1.29 is 0 Å². The molecule has 1 atom stereocenters. The van der Waals surface area contributed by atoms with Crippen LogP contribution >= 0.6 is 11.3 Å². The van der Waals surface area contributed by atoms with Crippen LogP contribution in [-0.4, -0.2) is 30.6 Å². The molecule has 2 nitrogen and oxygen atoms in total. The molecule has 0 amide bonds. The lowest BCUT2D eigenvalue weighted by atomic mass is 9.96. The highest BCUT2D eigenvalue weighted by Gasteiger charge is 2.34. The number of aryl methyl sites for hydroxylation is 1. The van der Waals surface area contributed by atoms with Crippen molar-refractivity contribution >= 4 is 11.3 Å². The number of piperidine rings is 1. The molecule has 1 unspecified atom stereocenters. The van der Waals surface area contributed by atoms with Crippen molar-refractivity contribution in [1.82, 2.24) is 10.2 Å². The molecule has 1 saturated carbocycles. The summed E-state index contributed by atoms with van der Waals surface area (Å²) in [6.45, 7) is 8.37. The molecule has 0 spiro atoms. The SMILES string of the molecule is Cc1ccc(C(C)N(CC2CCNCC2)C2CC2)s1. The number of thiophene rings is 1. The van der Waals surface area contributed by atoms with Crippen molar-refractivity contribution in [3.8, 4) is 0 Å². The van der Waals surface area contributed by atoms with Gasteiger partial charge in [0, 0.05) is 28.4 Å². The van der Waals surface area contributed by atoms with E-state index in [0.29, 0.717) is 6.04 Å². The van der Waals surface area contributed by atoms with E-state index in [2.05, 4.69) is 36.2 Å². The second-order valence-electron chi connectivity index (χ2n) is 6.25. The van der Waals surface area contributed by atoms with Crippen LogP contribution in [0, 0.1) is 12.8 Å². The average molecular weight is 278 g/mol. The summed E-state index contributed by atoms with van der Waals surface area (Å²) in [6.07, 6.45) is 5.55. The fourth-order valence-electron chi connectivity index (χ4n) is 3.23. The van der Waals surface area contributed by atoms with Crippen LogP contribution in [0.15, 0.2) is 12.1 Å². The molecule has 2 heterocycles. The van der Waals surface area contributed by atoms with Gasteiger partial charge in [0.15, 0.2) is 0 Å². The second kappa shape index (κ2) is 5.94. The van der Waals surface area contributed by atoms with E-state index in [0.717, 1.165) is 12.0 Å². The molecule has 1 aromatic heterocycles. The highest BCUT2D eigenvalue weighted by molar-refractivity contribution is 7.12. The molecule has 2 fully saturated rings. The predicted octanol–water partition coefficient (Wildman–Crippen LogP) is 3.58. The van der Waals surface area contributed by atoms with Gasteiger partial charge in [-0.1, -0.05) is 0 Å². The van der Waals surface area contributed by atoms with Crippen molar-refractivity contribution in [2.75, 3.05) is 19.6 Å². The summed E-state index contributed by atoms with van der Waals surface area (Å²) < 4.78 is 0. The monoisotopic (exact) mass is 278 g/mol. The number of nitrogens with zero attached hydrogens (tertiary/aromatic N) is 1. The van der Waals surface area contributed by atoms with Gasteiger partial charge >= 0.3 is 0 Å². The fraction of sp³-hybridized carbons (Fsp3) is 0.750. The molecule has 3 rings (SSSR count). The summed E-state index contributed by atoms with van der Waals surface area (Å²) in [6, 6.07) is 6.09. The van der Waals surface area contributed by atoms with Crippen LogP contribution in [0.1, 0.15) is 48.4 Å². The molecule has 1 saturated heterocycles. The topological polar surface area (TPSA) is 15.3 Å². The third kappa shape index (κ3) is 3.39. The zero-order valence-corrected chi connectivity index (χ0v) is 13.0. The second-order valence-corrected chi connectivity index (χ2v) is 7.57. The highest BCUT2D eigenvalue weighted by Crippen LogP contribution is 2.37. The van der Waals surface area contributed by atoms with Gasteiger partial charge in [-0.05, 0) is 70.7 Å². The summed E-state index contributed by atoms with van der Waals surface area (Å²) in [5.41, 5.74) is 0. The molecule has 3 heteroatoms. The van der Waals surface area contributed by atoms with Gasteiger partial charge in [-0.25, -0.2) is 0 Å². The zero-order chi connectivity index (χ0) is 13.2. The predicted molar refractivity (Wildman–Crippen MR) is 82.8 cm³/mol. The standard InChI is InChI=1S/C16H26N2S/c1-12-3-6-16(19-12)13(2)18(15-4-5-15)11-14-7-9-17-10-8-14/h3,6,13-15,17H,4-5,7-11H2,1-2H3. The molecule has 1 aliphatic heterocycles. The highest BCUT2D eigenvalue weighted by atomic mass is 32.1. The van der Waals surface area contributed by atoms with Gasteiger partial charge in [0.05, 0.1) is 0 Å². The maximum Gasteiger partial charge on any atom is 0.0416 e. The Morgan fingerprint density at radius 3 is 2.58 bits per heavy atom. The summed E-state index contributed by atoms with van der Waals surface area (Å²) in [5.74, 6) is 0.908. The van der Waals surface area contributed by atoms with Gasteiger partial charge in [0.1, 0.15) is 0 Å². The summed E-state index contributed by atoms with van der Waals surface area (Å²) in [7, 11) is 0. The van der Waals surface area contributed by atoms with E-state index in [1.807, 2.05) is 11.3 Å². The Morgan fingerprint density at radius 2 is 2.00 bits per heavy atom. The molecule has 0 bridgehead atoms. The molecule has 2 aliphatic rings. The maximum atomic E-state index is 3.48. The lowest BCUT2D eigenvalue weighted by molar-refractivity contribution is 0.154. The Hall–Kier alpha value is -0.380. The quantitative estimate of drug-likeness (QED) is 0.885. The number of nitrogens with one attached hydrogen (secondary N) is 1. The van der Waals surface area contributed by atoms with Crippen molar-refractivity contribution in [3.63, 3.8) is 0 Å². The minimum Gasteiger partial charge on any atom is -0.317 e. The smallest absolute Gasteiger partial charge is 0.0416 e. The summed E-state index contributed by atoms with van der Waals surface area (Å²) in [4.78, 5) is 5.79. The van der Waals surface area contributed by atoms with Crippen LogP contribution in [0.4, 0.5) is 0 Å². The van der Waals surface area contributed by atoms with E-state index < -0.39 is 0 Å². The van der Waals surface area contributed by atoms with E-state index in [1.165, 1.54) is 50.2 Å². The van der Waals surface area contributed by atoms with Crippen LogP contribution in [-0.2, 0) is 0 Å². The minimum atomic E-state index is 0.612. The van der Waals surface area contributed by atoms with Crippen molar-refractivity contribution in [3.05, 3.63) is 21.9 Å². The lowest BCUT2D eigenvalue weighted by Crippen LogP contribution is -2.38. The van der Waals surface area contributed by atoms with Gasteiger partial charge in [0.2, 0.25) is 0 Å². The van der Waals surface area contributed by atoms with Gasteiger partial charge in [-0.3, -0.25) is 4.90 Å². The first-order chi connectivity index (χ1) is 9.24. The van der Waals surface area contributed by atoms with E-state index >= 15 is 0 Å². The third-order valence-corrected chi connectivity index (χ3v) is 5.78. The van der Waals surface area contributed by atoms with E-state index in [-0.39, 0.29) is 0 Å². The van der Waals surface area contributed by atoms with E-state index in [9.17, 15) is 0 Å². The van der Waals surface area contributed by atoms with E-state index in [4.69, 9.17) is 0 Å². The lowest BCUT2D eigenvalue weighted by Gasteiger charge is -2.34. The van der Waals surface area contributed by atoms with Gasteiger partial charge in [-0.2, -0.15) is 0 Å². The first-order valence-electron chi connectivity index (χ1n) is 7.77.